The van der Waals surface area contributed by atoms with E-state index in [0.29, 0.717) is 5.92 Å². The third-order valence-corrected chi connectivity index (χ3v) is 3.73. The molecule has 0 radical (unpaired) electrons. The van der Waals surface area contributed by atoms with Crippen molar-refractivity contribution < 1.29 is 9.21 Å². The van der Waals surface area contributed by atoms with Crippen LogP contribution in [0.15, 0.2) is 41.0 Å². The average Bonchev–Trinajstić information content (AvgIpc) is 3.01. The lowest BCUT2D eigenvalue weighted by Gasteiger charge is -2.17. The maximum atomic E-state index is 12.2. The van der Waals surface area contributed by atoms with Crippen LogP contribution >= 0.6 is 0 Å². The Labute approximate surface area is 131 Å². The van der Waals surface area contributed by atoms with Crippen molar-refractivity contribution in [2.45, 2.75) is 39.7 Å². The highest BCUT2D eigenvalue weighted by Gasteiger charge is 2.13. The minimum atomic E-state index is -0.0467. The van der Waals surface area contributed by atoms with Crippen molar-refractivity contribution in [3.8, 4) is 0 Å². The number of carbonyl (C=O) groups is 1. The Morgan fingerprint density at radius 3 is 2.59 bits per heavy atom. The van der Waals surface area contributed by atoms with Gasteiger partial charge in [0.15, 0.2) is 0 Å². The summed E-state index contributed by atoms with van der Waals surface area (Å²) in [6.07, 6.45) is 1.63. The molecule has 0 spiro atoms. The summed E-state index contributed by atoms with van der Waals surface area (Å²) in [6, 6.07) is 9.84. The van der Waals surface area contributed by atoms with Gasteiger partial charge in [0.05, 0.1) is 18.8 Å². The molecule has 0 saturated carbocycles. The molecule has 118 valence electrons. The van der Waals surface area contributed by atoms with Crippen LogP contribution < -0.4 is 10.6 Å². The summed E-state index contributed by atoms with van der Waals surface area (Å²) in [5, 5.41) is 6.20. The molecule has 4 nitrogen and oxygen atoms in total. The van der Waals surface area contributed by atoms with Crippen molar-refractivity contribution in [3.05, 3.63) is 53.5 Å². The van der Waals surface area contributed by atoms with E-state index >= 15 is 0 Å². The van der Waals surface area contributed by atoms with Gasteiger partial charge in [-0.25, -0.2) is 0 Å². The quantitative estimate of drug-likeness (QED) is 0.847. The van der Waals surface area contributed by atoms with Crippen molar-refractivity contribution >= 4 is 11.6 Å². The second-order valence-corrected chi connectivity index (χ2v) is 5.86. The first kappa shape index (κ1) is 16.3. The zero-order valence-corrected chi connectivity index (χ0v) is 13.6. The van der Waals surface area contributed by atoms with Gasteiger partial charge in [-0.05, 0) is 43.0 Å². The fourth-order valence-corrected chi connectivity index (χ4v) is 2.41. The van der Waals surface area contributed by atoms with Crippen LogP contribution in [0.5, 0.6) is 0 Å². The molecule has 0 saturated heterocycles. The van der Waals surface area contributed by atoms with E-state index in [1.807, 2.05) is 38.1 Å². The van der Waals surface area contributed by atoms with Gasteiger partial charge in [-0.2, -0.15) is 0 Å². The molecule has 0 fully saturated rings. The lowest BCUT2D eigenvalue weighted by atomic mass is 9.98. The van der Waals surface area contributed by atoms with Crippen LogP contribution in [0.25, 0.3) is 0 Å². The van der Waals surface area contributed by atoms with Crippen molar-refractivity contribution in [1.29, 1.82) is 0 Å². The maximum absolute atomic E-state index is 12.2. The number of anilines is 1. The first-order chi connectivity index (χ1) is 10.5. The minimum absolute atomic E-state index is 0.00203. The third-order valence-electron chi connectivity index (χ3n) is 3.73. The molecule has 0 aliphatic carbocycles. The first-order valence-corrected chi connectivity index (χ1v) is 7.65. The van der Waals surface area contributed by atoms with Crippen molar-refractivity contribution in [2.24, 2.45) is 0 Å². The molecule has 1 aromatic carbocycles. The van der Waals surface area contributed by atoms with E-state index in [4.69, 9.17) is 4.42 Å². The molecule has 0 unspecified atom stereocenters. The van der Waals surface area contributed by atoms with Gasteiger partial charge in [0.2, 0.25) is 5.91 Å². The van der Waals surface area contributed by atoms with E-state index in [0.717, 1.165) is 22.6 Å². The molecule has 4 heteroatoms. The van der Waals surface area contributed by atoms with Gasteiger partial charge in [0, 0.05) is 5.69 Å². The van der Waals surface area contributed by atoms with Gasteiger partial charge < -0.3 is 9.73 Å². The van der Waals surface area contributed by atoms with Gasteiger partial charge in [-0.15, -0.1) is 0 Å². The smallest absolute Gasteiger partial charge is 0.238 e. The van der Waals surface area contributed by atoms with Crippen LogP contribution in [-0.2, 0) is 4.79 Å². The van der Waals surface area contributed by atoms with Crippen LogP contribution in [0.1, 0.15) is 49.6 Å². The van der Waals surface area contributed by atoms with E-state index in [9.17, 15) is 4.79 Å². The third kappa shape index (κ3) is 3.98. The lowest BCUT2D eigenvalue weighted by molar-refractivity contribution is -0.115. The molecule has 1 atom stereocenters. The average molecular weight is 300 g/mol. The van der Waals surface area contributed by atoms with E-state index in [1.165, 1.54) is 0 Å². The van der Waals surface area contributed by atoms with Gasteiger partial charge in [-0.3, -0.25) is 10.1 Å². The summed E-state index contributed by atoms with van der Waals surface area (Å²) >= 11 is 0. The Morgan fingerprint density at radius 2 is 1.95 bits per heavy atom. The molecule has 22 heavy (non-hydrogen) atoms. The normalized spacial score (nSPS) is 12.4. The monoisotopic (exact) mass is 300 g/mol. The highest BCUT2D eigenvalue weighted by Crippen LogP contribution is 2.27. The van der Waals surface area contributed by atoms with Crippen LogP contribution in [-0.4, -0.2) is 12.5 Å². The van der Waals surface area contributed by atoms with Gasteiger partial charge in [0.25, 0.3) is 0 Å². The molecule has 1 aromatic heterocycles. The van der Waals surface area contributed by atoms with Gasteiger partial charge in [0.1, 0.15) is 5.76 Å². The Balaban J connectivity index is 1.98. The molecule has 2 rings (SSSR count). The molecule has 1 amide bonds. The summed E-state index contributed by atoms with van der Waals surface area (Å²) in [5.41, 5.74) is 3.17. The molecular formula is C18H24N2O2. The van der Waals surface area contributed by atoms with Gasteiger partial charge >= 0.3 is 0 Å². The number of nitrogens with one attached hydrogen (secondary N) is 2. The molecule has 0 bridgehead atoms. The van der Waals surface area contributed by atoms with E-state index in [1.54, 1.807) is 6.26 Å². The van der Waals surface area contributed by atoms with Crippen LogP contribution in [0, 0.1) is 6.92 Å². The molecule has 0 aliphatic heterocycles. The van der Waals surface area contributed by atoms with Crippen LogP contribution in [0.4, 0.5) is 5.69 Å². The second kappa shape index (κ2) is 7.27. The Kier molecular flexibility index (Phi) is 5.39. The van der Waals surface area contributed by atoms with Crippen molar-refractivity contribution in [3.63, 3.8) is 0 Å². The van der Waals surface area contributed by atoms with E-state index in [2.05, 4.69) is 30.5 Å². The molecule has 0 aliphatic rings. The minimum Gasteiger partial charge on any atom is -0.468 e. The number of benzene rings is 1. The number of rotatable bonds is 6. The fourth-order valence-electron chi connectivity index (χ4n) is 2.41. The standard InChI is InChI=1S/C18H24N2O2/c1-12(2)15-8-5-7-13(3)18(15)20-17(21)11-19-14(4)16-9-6-10-22-16/h5-10,12,14,19H,11H2,1-4H3,(H,20,21)/t14-/m1/s1. The predicted octanol–water partition coefficient (Wildman–Crippen LogP) is 4.00. The SMILES string of the molecule is Cc1cccc(C(C)C)c1NC(=O)CN[C@H](C)c1ccco1. The largest absolute Gasteiger partial charge is 0.468 e. The number of amides is 1. The zero-order chi connectivity index (χ0) is 16.1. The molecular weight excluding hydrogens is 276 g/mol. The Bertz CT molecular complexity index is 618. The maximum Gasteiger partial charge on any atom is 0.238 e. The van der Waals surface area contributed by atoms with Crippen molar-refractivity contribution in [2.75, 3.05) is 11.9 Å². The Morgan fingerprint density at radius 1 is 1.18 bits per heavy atom. The summed E-state index contributed by atoms with van der Waals surface area (Å²) in [6.45, 7) is 8.48. The summed E-state index contributed by atoms with van der Waals surface area (Å²) in [5.74, 6) is 1.14. The topological polar surface area (TPSA) is 54.3 Å². The highest BCUT2D eigenvalue weighted by atomic mass is 16.3. The van der Waals surface area contributed by atoms with E-state index in [-0.39, 0.29) is 18.5 Å². The zero-order valence-electron chi connectivity index (χ0n) is 13.6. The Hall–Kier alpha value is -2.07. The number of furan rings is 1. The lowest BCUT2D eigenvalue weighted by Crippen LogP contribution is -2.30. The number of para-hydroxylation sites is 1. The summed E-state index contributed by atoms with van der Waals surface area (Å²) < 4.78 is 5.32. The summed E-state index contributed by atoms with van der Waals surface area (Å²) in [7, 11) is 0. The number of hydrogen-bond donors (Lipinski definition) is 2. The molecule has 1 heterocycles. The number of aryl methyl sites for hydroxylation is 1. The number of carbonyl (C=O) groups excluding carboxylic acids is 1. The van der Waals surface area contributed by atoms with Crippen LogP contribution in [0.3, 0.4) is 0 Å². The molecule has 2 aromatic rings. The molecule has 2 N–H and O–H groups in total. The fraction of sp³-hybridized carbons (Fsp3) is 0.389. The van der Waals surface area contributed by atoms with E-state index < -0.39 is 0 Å². The van der Waals surface area contributed by atoms with Crippen LogP contribution in [0.2, 0.25) is 0 Å². The highest BCUT2D eigenvalue weighted by molar-refractivity contribution is 5.93. The number of hydrogen-bond acceptors (Lipinski definition) is 3. The predicted molar refractivity (Wildman–Crippen MR) is 89.0 cm³/mol. The van der Waals surface area contributed by atoms with Crippen molar-refractivity contribution in [1.82, 2.24) is 5.32 Å². The van der Waals surface area contributed by atoms with Gasteiger partial charge in [-0.1, -0.05) is 32.0 Å². The summed E-state index contributed by atoms with van der Waals surface area (Å²) in [4.78, 5) is 12.2. The second-order valence-electron chi connectivity index (χ2n) is 5.86. The first-order valence-electron chi connectivity index (χ1n) is 7.65.